The number of aromatic nitrogens is 4. The summed E-state index contributed by atoms with van der Waals surface area (Å²) < 4.78 is 38.0. The molecule has 0 aliphatic carbocycles. The molecule has 1 atom stereocenters. The maximum absolute atomic E-state index is 12.7. The highest BCUT2D eigenvalue weighted by Gasteiger charge is 2.32. The number of amides is 1. The highest BCUT2D eigenvalue weighted by Crippen LogP contribution is 2.29. The van der Waals surface area contributed by atoms with E-state index in [0.29, 0.717) is 41.9 Å². The second-order valence-electron chi connectivity index (χ2n) is 9.27. The second kappa shape index (κ2) is 11.2. The molecule has 1 saturated heterocycles. The molecule has 0 spiro atoms. The van der Waals surface area contributed by atoms with Gasteiger partial charge in [0.15, 0.2) is 5.78 Å². The molecule has 3 rings (SSSR count). The third kappa shape index (κ3) is 7.33. The summed E-state index contributed by atoms with van der Waals surface area (Å²) in [5.41, 5.74) is 1.22. The van der Waals surface area contributed by atoms with Crippen LogP contribution in [0.5, 0.6) is 0 Å². The monoisotopic (exact) mass is 527 g/mol. The first-order chi connectivity index (χ1) is 16.9. The Labute approximate surface area is 207 Å². The Morgan fingerprint density at radius 1 is 1.22 bits per heavy atom. The van der Waals surface area contributed by atoms with Gasteiger partial charge >= 0.3 is 6.18 Å². The second-order valence-corrected chi connectivity index (χ2v) is 11.5. The molecule has 2 aromatic heterocycles. The normalized spacial score (nSPS) is 16.4. The van der Waals surface area contributed by atoms with Crippen molar-refractivity contribution in [3.05, 3.63) is 40.1 Å². The zero-order valence-electron chi connectivity index (χ0n) is 20.1. The number of carbonyl (C=O) groups excluding carboxylic acids is 2. The topological polar surface area (TPSA) is 142 Å². The maximum Gasteiger partial charge on any atom is 0.419 e. The first kappa shape index (κ1) is 27.3. The number of hydrogen-bond acceptors (Lipinski definition) is 9. The van der Waals surface area contributed by atoms with Crippen LogP contribution in [0.4, 0.5) is 24.8 Å². The first-order valence-electron chi connectivity index (χ1n) is 11.3. The summed E-state index contributed by atoms with van der Waals surface area (Å²) in [6.07, 6.45) is -0.0437. The van der Waals surface area contributed by atoms with Crippen molar-refractivity contribution in [2.24, 2.45) is 5.92 Å². The van der Waals surface area contributed by atoms with Gasteiger partial charge in [-0.05, 0) is 32.6 Å². The van der Waals surface area contributed by atoms with Crippen molar-refractivity contribution >= 4 is 33.6 Å². The molecule has 0 saturated carbocycles. The fourth-order valence-electron chi connectivity index (χ4n) is 3.81. The van der Waals surface area contributed by atoms with Crippen molar-refractivity contribution < 1.29 is 27.6 Å². The standard InChI is InChI=1S/C21H28F3N7O4Si/c1-12(32)17-15(10-27-29-18(17)34)28-20(2,36)11-35-30-16(33)7-13-3-5-31(6-4-13)19-25-8-14(9-26-19)21(22,23)24/h8-10,13H,3-7,11H2,1-2,36H3,(H,30,33)(H2,28,29,34)/t20-/m0/s1. The molecule has 0 bridgehead atoms. The molecular formula is C21H28F3N7O4Si. The summed E-state index contributed by atoms with van der Waals surface area (Å²) >= 11 is 0. The van der Waals surface area contributed by atoms with Crippen molar-refractivity contribution in [2.45, 2.75) is 44.4 Å². The van der Waals surface area contributed by atoms with Gasteiger partial charge in [-0.25, -0.2) is 20.5 Å². The van der Waals surface area contributed by atoms with E-state index in [1.54, 1.807) is 4.90 Å². The van der Waals surface area contributed by atoms with Gasteiger partial charge in [-0.2, -0.15) is 18.3 Å². The minimum Gasteiger partial charge on any atom is -0.379 e. The van der Waals surface area contributed by atoms with Crippen LogP contribution in [0.1, 0.15) is 49.0 Å². The van der Waals surface area contributed by atoms with Crippen molar-refractivity contribution in [1.29, 1.82) is 0 Å². The highest BCUT2D eigenvalue weighted by molar-refractivity contribution is 6.17. The van der Waals surface area contributed by atoms with Crippen LogP contribution in [0.2, 0.25) is 0 Å². The van der Waals surface area contributed by atoms with Crippen molar-refractivity contribution in [2.75, 3.05) is 29.9 Å². The summed E-state index contributed by atoms with van der Waals surface area (Å²) in [4.78, 5) is 50.9. The summed E-state index contributed by atoms with van der Waals surface area (Å²) in [6.45, 7) is 4.26. The summed E-state index contributed by atoms with van der Waals surface area (Å²) in [5, 5.41) is 8.44. The number of nitrogens with one attached hydrogen (secondary N) is 3. The van der Waals surface area contributed by atoms with Crippen LogP contribution in [0.25, 0.3) is 0 Å². The van der Waals surface area contributed by atoms with Gasteiger partial charge in [0.25, 0.3) is 5.56 Å². The van der Waals surface area contributed by atoms with Crippen LogP contribution in [-0.4, -0.2) is 67.0 Å². The van der Waals surface area contributed by atoms with E-state index in [1.807, 2.05) is 6.92 Å². The van der Waals surface area contributed by atoms with E-state index >= 15 is 0 Å². The molecule has 3 N–H and O–H groups in total. The minimum absolute atomic E-state index is 0.0239. The van der Waals surface area contributed by atoms with Gasteiger partial charge in [-0.1, -0.05) is 0 Å². The lowest BCUT2D eigenvalue weighted by atomic mass is 9.93. The Balaban J connectivity index is 1.42. The lowest BCUT2D eigenvalue weighted by Crippen LogP contribution is -2.44. The van der Waals surface area contributed by atoms with Gasteiger partial charge in [0.05, 0.1) is 24.1 Å². The van der Waals surface area contributed by atoms with E-state index in [1.165, 1.54) is 13.1 Å². The SMILES string of the molecule is CC(=O)c1c(N[C@@](C)([SiH3])CONC(=O)CC2CCN(c3ncc(C(F)(F)F)cn3)CC2)cn[nH]c1=O. The number of hydroxylamine groups is 1. The Kier molecular flexibility index (Phi) is 8.45. The number of halogens is 3. The van der Waals surface area contributed by atoms with E-state index < -0.39 is 28.2 Å². The van der Waals surface area contributed by atoms with Gasteiger partial charge in [0, 0.05) is 47.3 Å². The number of piperidine rings is 1. The first-order valence-corrected chi connectivity index (χ1v) is 12.3. The molecule has 1 amide bonds. The van der Waals surface area contributed by atoms with Gasteiger partial charge in [-0.3, -0.25) is 19.2 Å². The zero-order chi connectivity index (χ0) is 26.5. The molecule has 196 valence electrons. The maximum atomic E-state index is 12.7. The summed E-state index contributed by atoms with van der Waals surface area (Å²) in [7, 11) is 0.557. The molecule has 1 aliphatic heterocycles. The summed E-state index contributed by atoms with van der Waals surface area (Å²) in [5.74, 6) is -0.376. The summed E-state index contributed by atoms with van der Waals surface area (Å²) in [6, 6.07) is 0. The number of H-pyrrole nitrogens is 1. The number of anilines is 2. The fourth-order valence-corrected chi connectivity index (χ4v) is 4.23. The van der Waals surface area contributed by atoms with Crippen LogP contribution in [0.15, 0.2) is 23.4 Å². The quantitative estimate of drug-likeness (QED) is 0.243. The van der Waals surface area contributed by atoms with Gasteiger partial charge in [0.1, 0.15) is 5.56 Å². The van der Waals surface area contributed by atoms with Gasteiger partial charge in [-0.15, -0.1) is 0 Å². The van der Waals surface area contributed by atoms with Crippen LogP contribution in [0.3, 0.4) is 0 Å². The van der Waals surface area contributed by atoms with E-state index in [2.05, 4.69) is 31.0 Å². The van der Waals surface area contributed by atoms with E-state index in [9.17, 15) is 27.6 Å². The van der Waals surface area contributed by atoms with Gasteiger partial charge in [0.2, 0.25) is 11.9 Å². The predicted octanol–water partition coefficient (Wildman–Crippen LogP) is 0.629. The van der Waals surface area contributed by atoms with Crippen LogP contribution < -0.4 is 21.3 Å². The average molecular weight is 528 g/mol. The van der Waals surface area contributed by atoms with Crippen molar-refractivity contribution in [1.82, 2.24) is 25.6 Å². The molecule has 1 fully saturated rings. The number of Topliss-reactive ketones (excluding diaryl/α,β-unsaturated/α-hetero) is 1. The van der Waals surface area contributed by atoms with E-state index in [4.69, 9.17) is 4.84 Å². The molecule has 11 nitrogen and oxygen atoms in total. The molecule has 2 aromatic rings. The number of ketones is 1. The number of hydrogen-bond donors (Lipinski definition) is 3. The molecule has 0 radical (unpaired) electrons. The lowest BCUT2D eigenvalue weighted by molar-refractivity contribution is -0.138. The third-order valence-electron chi connectivity index (χ3n) is 5.64. The fraction of sp³-hybridized carbons (Fsp3) is 0.524. The van der Waals surface area contributed by atoms with Gasteiger partial charge < -0.3 is 10.2 Å². The number of carbonyl (C=O) groups is 2. The predicted molar refractivity (Wildman–Crippen MR) is 128 cm³/mol. The number of rotatable bonds is 9. The lowest BCUT2D eigenvalue weighted by Gasteiger charge is -2.32. The molecule has 0 unspecified atom stereocenters. The Morgan fingerprint density at radius 3 is 2.44 bits per heavy atom. The van der Waals surface area contributed by atoms with E-state index in [-0.39, 0.29) is 36.4 Å². The Morgan fingerprint density at radius 2 is 1.86 bits per heavy atom. The highest BCUT2D eigenvalue weighted by atomic mass is 28.1. The molecule has 36 heavy (non-hydrogen) atoms. The van der Waals surface area contributed by atoms with Crippen molar-refractivity contribution in [3.63, 3.8) is 0 Å². The van der Waals surface area contributed by atoms with Crippen LogP contribution in [-0.2, 0) is 15.8 Å². The molecule has 15 heteroatoms. The molecule has 1 aliphatic rings. The molecular weight excluding hydrogens is 499 g/mol. The largest absolute Gasteiger partial charge is 0.419 e. The minimum atomic E-state index is -4.48. The van der Waals surface area contributed by atoms with Crippen molar-refractivity contribution in [3.8, 4) is 0 Å². The average Bonchev–Trinajstić information content (AvgIpc) is 2.78. The van der Waals surface area contributed by atoms with Crippen LogP contribution in [0, 0.1) is 5.92 Å². The number of aromatic amines is 1. The Hall–Kier alpha value is -3.33. The number of alkyl halides is 3. The zero-order valence-corrected chi connectivity index (χ0v) is 22.1. The third-order valence-corrected chi connectivity index (χ3v) is 6.18. The number of nitrogens with zero attached hydrogens (tertiary/aromatic N) is 4. The van der Waals surface area contributed by atoms with Crippen LogP contribution >= 0.6 is 0 Å². The van der Waals surface area contributed by atoms with E-state index in [0.717, 1.165) is 12.4 Å². The smallest absolute Gasteiger partial charge is 0.379 e. The Bertz CT molecular complexity index is 1130. The molecule has 3 heterocycles. The molecule has 0 aromatic carbocycles.